The number of carbonyl (C=O) groups is 1. The first kappa shape index (κ1) is 26.4. The number of carbonyl (C=O) groups excluding carboxylic acids is 1. The van der Waals surface area contributed by atoms with Gasteiger partial charge in [0.05, 0.1) is 47.4 Å². The molecule has 1 fully saturated rings. The molecular weight excluding hydrogens is 484 g/mol. The van der Waals surface area contributed by atoms with Gasteiger partial charge in [0, 0.05) is 23.7 Å². The zero-order chi connectivity index (χ0) is 24.7. The summed E-state index contributed by atoms with van der Waals surface area (Å²) in [6.45, 7) is 4.26. The van der Waals surface area contributed by atoms with Crippen LogP contribution in [-0.2, 0) is 22.3 Å². The highest BCUT2D eigenvalue weighted by Crippen LogP contribution is 2.33. The highest BCUT2D eigenvalue weighted by molar-refractivity contribution is 6.36. The molecule has 2 unspecified atom stereocenters. The Labute approximate surface area is 208 Å². The summed E-state index contributed by atoms with van der Waals surface area (Å²) in [7, 11) is 0. The lowest BCUT2D eigenvalue weighted by molar-refractivity contribution is 0.0432. The first-order chi connectivity index (χ1) is 16.4. The Hall–Kier alpha value is -2.20. The van der Waals surface area contributed by atoms with Gasteiger partial charge in [0.1, 0.15) is 19.1 Å². The molecule has 3 N–H and O–H groups in total. The van der Waals surface area contributed by atoms with E-state index in [4.69, 9.17) is 48.4 Å². The van der Waals surface area contributed by atoms with Gasteiger partial charge in [-0.1, -0.05) is 37.0 Å². The molecule has 1 aliphatic heterocycles. The van der Waals surface area contributed by atoms with E-state index in [1.54, 1.807) is 12.1 Å². The fourth-order valence-corrected chi connectivity index (χ4v) is 4.35. The van der Waals surface area contributed by atoms with Gasteiger partial charge in [0.15, 0.2) is 0 Å². The maximum atomic E-state index is 12.8. The third-order valence-corrected chi connectivity index (χ3v) is 6.04. The van der Waals surface area contributed by atoms with Crippen LogP contribution in [0.3, 0.4) is 0 Å². The number of aromatic nitrogens is 2. The second kappa shape index (κ2) is 12.5. The summed E-state index contributed by atoms with van der Waals surface area (Å²) in [5.74, 6) is 0.601. The van der Waals surface area contributed by atoms with Crippen LogP contribution in [0.25, 0.3) is 11.3 Å². The number of halogens is 3. The minimum absolute atomic E-state index is 0.0605. The number of hydrogen-bond donors (Lipinski definition) is 2. The van der Waals surface area contributed by atoms with Crippen LogP contribution < -0.4 is 11.1 Å². The summed E-state index contributed by atoms with van der Waals surface area (Å²) in [5.41, 5.74) is 8.40. The molecule has 3 rings (SSSR count). The molecule has 1 saturated heterocycles. The summed E-state index contributed by atoms with van der Waals surface area (Å²) in [5, 5.41) is 4.43. The van der Waals surface area contributed by atoms with Gasteiger partial charge in [-0.15, -0.1) is 0 Å². The van der Waals surface area contributed by atoms with E-state index in [1.165, 1.54) is 4.90 Å². The first-order valence-electron chi connectivity index (χ1n) is 11.3. The van der Waals surface area contributed by atoms with Gasteiger partial charge in [0.25, 0.3) is 0 Å². The molecular formula is C23H30Cl2FN5O3. The van der Waals surface area contributed by atoms with Crippen LogP contribution in [0.4, 0.5) is 15.0 Å². The van der Waals surface area contributed by atoms with Gasteiger partial charge in [0.2, 0.25) is 0 Å². The van der Waals surface area contributed by atoms with Crippen LogP contribution in [0, 0.1) is 0 Å². The van der Waals surface area contributed by atoms with Crippen LogP contribution in [-0.4, -0.2) is 72.6 Å². The molecule has 0 saturated carbocycles. The maximum absolute atomic E-state index is 12.8. The van der Waals surface area contributed by atoms with E-state index >= 15 is 0 Å². The van der Waals surface area contributed by atoms with Gasteiger partial charge < -0.3 is 25.4 Å². The van der Waals surface area contributed by atoms with E-state index in [0.717, 1.165) is 17.0 Å². The number of rotatable bonds is 10. The number of benzene rings is 1. The van der Waals surface area contributed by atoms with Crippen LogP contribution >= 0.6 is 23.2 Å². The normalized spacial score (nSPS) is 17.8. The second-order valence-corrected chi connectivity index (χ2v) is 8.65. The Morgan fingerprint density at radius 2 is 1.97 bits per heavy atom. The minimum Gasteiger partial charge on any atom is -0.448 e. The van der Waals surface area contributed by atoms with Crippen molar-refractivity contribution in [3.8, 4) is 11.3 Å². The highest BCUT2D eigenvalue weighted by atomic mass is 35.5. The number of alkyl halides is 1. The fourth-order valence-electron chi connectivity index (χ4n) is 3.85. The monoisotopic (exact) mass is 513 g/mol. The summed E-state index contributed by atoms with van der Waals surface area (Å²) < 4.78 is 23.6. The van der Waals surface area contributed by atoms with Crippen molar-refractivity contribution in [3.63, 3.8) is 0 Å². The number of aryl methyl sites for hydroxylation is 2. The van der Waals surface area contributed by atoms with Gasteiger partial charge in [-0.2, -0.15) is 0 Å². The number of ether oxygens (including phenoxy) is 2. The third-order valence-electron chi connectivity index (χ3n) is 5.50. The molecule has 0 aliphatic carbocycles. The van der Waals surface area contributed by atoms with Crippen molar-refractivity contribution in [2.75, 3.05) is 44.8 Å². The molecule has 1 aliphatic rings. The van der Waals surface area contributed by atoms with Gasteiger partial charge in [-0.25, -0.2) is 19.2 Å². The van der Waals surface area contributed by atoms with E-state index in [9.17, 15) is 9.18 Å². The smallest absolute Gasteiger partial charge is 0.409 e. The number of likely N-dealkylation sites (tertiary alicyclic amines) is 1. The van der Waals surface area contributed by atoms with Crippen molar-refractivity contribution < 1.29 is 18.7 Å². The Kier molecular flexibility index (Phi) is 9.70. The SMILES string of the molecule is CCc1nc(-c2ccc(Cl)cc2Cl)c(CC)nc1NC1CN(C(=O)OCCN)CC1OCCF. The zero-order valence-corrected chi connectivity index (χ0v) is 20.8. The molecule has 11 heteroatoms. The molecule has 1 aromatic heterocycles. The lowest BCUT2D eigenvalue weighted by atomic mass is 10.1. The number of amides is 1. The van der Waals surface area contributed by atoms with Crippen LogP contribution in [0.1, 0.15) is 25.2 Å². The average Bonchev–Trinajstić information content (AvgIpc) is 3.23. The number of nitrogens with one attached hydrogen (secondary N) is 1. The van der Waals surface area contributed by atoms with Gasteiger partial charge >= 0.3 is 6.09 Å². The number of hydrogen-bond acceptors (Lipinski definition) is 7. The molecule has 8 nitrogen and oxygen atoms in total. The van der Waals surface area contributed by atoms with E-state index in [2.05, 4.69) is 5.32 Å². The van der Waals surface area contributed by atoms with E-state index in [-0.39, 0.29) is 32.3 Å². The van der Waals surface area contributed by atoms with Crippen LogP contribution in [0.15, 0.2) is 18.2 Å². The minimum atomic E-state index is -0.614. The maximum Gasteiger partial charge on any atom is 0.409 e. The molecule has 186 valence electrons. The van der Waals surface area contributed by atoms with Crippen LogP contribution in [0.2, 0.25) is 10.0 Å². The fraction of sp³-hybridized carbons (Fsp3) is 0.522. The van der Waals surface area contributed by atoms with Crippen molar-refractivity contribution >= 4 is 35.1 Å². The molecule has 1 aromatic carbocycles. The molecule has 0 radical (unpaired) electrons. The largest absolute Gasteiger partial charge is 0.448 e. The quantitative estimate of drug-likeness (QED) is 0.492. The average molecular weight is 514 g/mol. The molecule has 0 spiro atoms. The molecule has 2 aromatic rings. The number of anilines is 1. The molecule has 34 heavy (non-hydrogen) atoms. The molecule has 1 amide bonds. The van der Waals surface area contributed by atoms with Crippen molar-refractivity contribution in [1.82, 2.24) is 14.9 Å². The van der Waals surface area contributed by atoms with Crippen LogP contribution in [0.5, 0.6) is 0 Å². The molecule has 2 heterocycles. The van der Waals surface area contributed by atoms with E-state index < -0.39 is 18.9 Å². The third kappa shape index (κ3) is 6.27. The highest BCUT2D eigenvalue weighted by Gasteiger charge is 2.37. The predicted molar refractivity (Wildman–Crippen MR) is 131 cm³/mol. The Morgan fingerprint density at radius 1 is 1.21 bits per heavy atom. The lowest BCUT2D eigenvalue weighted by Gasteiger charge is -2.22. The first-order valence-corrected chi connectivity index (χ1v) is 12.1. The molecule has 0 bridgehead atoms. The summed E-state index contributed by atoms with van der Waals surface area (Å²) >= 11 is 12.5. The van der Waals surface area contributed by atoms with Crippen molar-refractivity contribution in [1.29, 1.82) is 0 Å². The molecule has 2 atom stereocenters. The summed E-state index contributed by atoms with van der Waals surface area (Å²) in [6, 6.07) is 4.97. The summed E-state index contributed by atoms with van der Waals surface area (Å²) in [6.07, 6.45) is 0.336. The predicted octanol–water partition coefficient (Wildman–Crippen LogP) is 4.12. The standard InChI is InChI=1S/C23H30Cl2FN5O3/c1-3-17-21(15-6-5-14(24)11-16(15)25)28-18(4-2)22(29-17)30-19-12-31(23(32)34-10-8-27)13-20(19)33-9-7-26/h5-6,11,19-20H,3-4,7-10,12-13,27H2,1-2H3,(H,29,30). The van der Waals surface area contributed by atoms with Gasteiger partial charge in [-0.05, 0) is 31.0 Å². The second-order valence-electron chi connectivity index (χ2n) is 7.80. The Bertz CT molecular complexity index is 997. The zero-order valence-electron chi connectivity index (χ0n) is 19.3. The Balaban J connectivity index is 1.89. The van der Waals surface area contributed by atoms with Gasteiger partial charge in [-0.3, -0.25) is 0 Å². The van der Waals surface area contributed by atoms with E-state index in [1.807, 2.05) is 19.9 Å². The Morgan fingerprint density at radius 3 is 2.62 bits per heavy atom. The van der Waals surface area contributed by atoms with Crippen molar-refractivity contribution in [2.45, 2.75) is 38.8 Å². The number of nitrogens with two attached hydrogens (primary N) is 1. The summed E-state index contributed by atoms with van der Waals surface area (Å²) in [4.78, 5) is 23.6. The lowest BCUT2D eigenvalue weighted by Crippen LogP contribution is -2.36. The van der Waals surface area contributed by atoms with E-state index in [0.29, 0.717) is 40.9 Å². The van der Waals surface area contributed by atoms with Crippen molar-refractivity contribution in [2.24, 2.45) is 5.73 Å². The van der Waals surface area contributed by atoms with Crippen molar-refractivity contribution in [3.05, 3.63) is 39.6 Å². The number of nitrogens with zero attached hydrogens (tertiary/aromatic N) is 3. The topological polar surface area (TPSA) is 103 Å².